The third-order valence-electron chi connectivity index (χ3n) is 5.87. The molecule has 2 atom stereocenters. The van der Waals surface area contributed by atoms with Crippen LogP contribution in [0.5, 0.6) is 0 Å². The van der Waals surface area contributed by atoms with Gasteiger partial charge >= 0.3 is 0 Å². The maximum absolute atomic E-state index is 13.3. The molecule has 4 rings (SSSR count). The standard InChI is InChI=1S/C23H26FN3O2/c24-19-10-8-17(9-11-19)21(26-12-4-5-13-26)15-25-23(29)18-14-22(28)27(16-18)20-6-2-1-3-7-20/h1-3,6-11,18,21H,4-5,12-16H2,(H,25,29). The number of hydrogen-bond acceptors (Lipinski definition) is 3. The average Bonchev–Trinajstić information content (AvgIpc) is 3.40. The van der Waals surface area contributed by atoms with Crippen LogP contribution in [0.3, 0.4) is 0 Å². The first-order chi connectivity index (χ1) is 14.1. The van der Waals surface area contributed by atoms with Crippen LogP contribution in [-0.2, 0) is 9.59 Å². The number of nitrogens with one attached hydrogen (secondary N) is 1. The molecule has 29 heavy (non-hydrogen) atoms. The highest BCUT2D eigenvalue weighted by Crippen LogP contribution is 2.27. The smallest absolute Gasteiger partial charge is 0.227 e. The predicted molar refractivity (Wildman–Crippen MR) is 110 cm³/mol. The van der Waals surface area contributed by atoms with Crippen LogP contribution in [0.2, 0.25) is 0 Å². The molecule has 2 saturated heterocycles. The third-order valence-corrected chi connectivity index (χ3v) is 5.87. The topological polar surface area (TPSA) is 52.7 Å². The lowest BCUT2D eigenvalue weighted by Crippen LogP contribution is -2.40. The number of benzene rings is 2. The first-order valence-corrected chi connectivity index (χ1v) is 10.2. The van der Waals surface area contributed by atoms with E-state index in [1.807, 2.05) is 30.3 Å². The molecule has 0 spiro atoms. The molecule has 0 bridgehead atoms. The highest BCUT2D eigenvalue weighted by molar-refractivity contribution is 6.00. The summed E-state index contributed by atoms with van der Waals surface area (Å²) in [6, 6.07) is 16.0. The van der Waals surface area contributed by atoms with Gasteiger partial charge in [0.1, 0.15) is 5.82 Å². The predicted octanol–water partition coefficient (Wildman–Crippen LogP) is 3.13. The summed E-state index contributed by atoms with van der Waals surface area (Å²) in [4.78, 5) is 29.2. The normalized spacial score (nSPS) is 20.8. The molecule has 2 aromatic rings. The van der Waals surface area contributed by atoms with E-state index in [2.05, 4.69) is 10.2 Å². The first kappa shape index (κ1) is 19.6. The number of carbonyl (C=O) groups is 2. The fourth-order valence-electron chi connectivity index (χ4n) is 4.28. The largest absolute Gasteiger partial charge is 0.354 e. The molecule has 0 aliphatic carbocycles. The summed E-state index contributed by atoms with van der Waals surface area (Å²) in [6.45, 7) is 2.81. The van der Waals surface area contributed by atoms with Gasteiger partial charge in [-0.3, -0.25) is 14.5 Å². The molecule has 0 saturated carbocycles. The van der Waals surface area contributed by atoms with E-state index < -0.39 is 0 Å². The Morgan fingerprint density at radius 3 is 2.45 bits per heavy atom. The van der Waals surface area contributed by atoms with Gasteiger partial charge in [0, 0.05) is 25.2 Å². The van der Waals surface area contributed by atoms with E-state index in [4.69, 9.17) is 0 Å². The lowest BCUT2D eigenvalue weighted by atomic mass is 10.0. The summed E-state index contributed by atoms with van der Waals surface area (Å²) >= 11 is 0. The van der Waals surface area contributed by atoms with Gasteiger partial charge in [0.05, 0.1) is 12.0 Å². The van der Waals surface area contributed by atoms with E-state index in [0.717, 1.165) is 37.2 Å². The highest BCUT2D eigenvalue weighted by atomic mass is 19.1. The lowest BCUT2D eigenvalue weighted by molar-refractivity contribution is -0.126. The molecule has 0 radical (unpaired) electrons. The Morgan fingerprint density at radius 1 is 1.07 bits per heavy atom. The van der Waals surface area contributed by atoms with E-state index in [1.54, 1.807) is 17.0 Å². The minimum atomic E-state index is -0.352. The minimum absolute atomic E-state index is 0.0179. The number of amides is 2. The van der Waals surface area contributed by atoms with Crippen molar-refractivity contribution >= 4 is 17.5 Å². The molecule has 2 fully saturated rings. The van der Waals surface area contributed by atoms with Crippen molar-refractivity contribution in [3.63, 3.8) is 0 Å². The van der Waals surface area contributed by atoms with Crippen molar-refractivity contribution in [2.75, 3.05) is 31.1 Å². The summed E-state index contributed by atoms with van der Waals surface area (Å²) in [5.74, 6) is -0.729. The Balaban J connectivity index is 1.40. The summed E-state index contributed by atoms with van der Waals surface area (Å²) in [7, 11) is 0. The molecule has 2 aliphatic heterocycles. The maximum Gasteiger partial charge on any atom is 0.227 e. The van der Waals surface area contributed by atoms with Crippen molar-refractivity contribution in [2.45, 2.75) is 25.3 Å². The van der Waals surface area contributed by atoms with E-state index in [0.29, 0.717) is 13.1 Å². The number of hydrogen-bond donors (Lipinski definition) is 1. The molecular formula is C23H26FN3O2. The van der Waals surface area contributed by atoms with Crippen molar-refractivity contribution in [1.29, 1.82) is 0 Å². The molecule has 2 aliphatic rings. The van der Waals surface area contributed by atoms with Crippen molar-refractivity contribution < 1.29 is 14.0 Å². The van der Waals surface area contributed by atoms with E-state index in [1.165, 1.54) is 12.1 Å². The second kappa shape index (κ2) is 8.74. The Morgan fingerprint density at radius 2 is 1.76 bits per heavy atom. The Bertz CT molecular complexity index is 850. The second-order valence-corrected chi connectivity index (χ2v) is 7.80. The number of nitrogens with zero attached hydrogens (tertiary/aromatic N) is 2. The van der Waals surface area contributed by atoms with Crippen LogP contribution in [0, 0.1) is 11.7 Å². The van der Waals surface area contributed by atoms with Gasteiger partial charge in [-0.05, 0) is 55.8 Å². The van der Waals surface area contributed by atoms with Gasteiger partial charge < -0.3 is 10.2 Å². The SMILES string of the molecule is O=C(NCC(c1ccc(F)cc1)N1CCCC1)C1CC(=O)N(c2ccccc2)C1. The second-order valence-electron chi connectivity index (χ2n) is 7.80. The number of likely N-dealkylation sites (tertiary alicyclic amines) is 1. The van der Waals surface area contributed by atoms with Crippen molar-refractivity contribution in [3.05, 3.63) is 66.0 Å². The van der Waals surface area contributed by atoms with Crippen LogP contribution >= 0.6 is 0 Å². The van der Waals surface area contributed by atoms with E-state index in [9.17, 15) is 14.0 Å². The zero-order valence-corrected chi connectivity index (χ0v) is 16.4. The molecule has 2 aromatic carbocycles. The van der Waals surface area contributed by atoms with E-state index in [-0.39, 0.29) is 36.0 Å². The Hall–Kier alpha value is -2.73. The molecule has 2 heterocycles. The summed E-state index contributed by atoms with van der Waals surface area (Å²) in [6.07, 6.45) is 2.50. The van der Waals surface area contributed by atoms with Crippen LogP contribution in [0.15, 0.2) is 54.6 Å². The van der Waals surface area contributed by atoms with Crippen molar-refractivity contribution in [2.24, 2.45) is 5.92 Å². The summed E-state index contributed by atoms with van der Waals surface area (Å²) < 4.78 is 13.3. The number of rotatable bonds is 6. The van der Waals surface area contributed by atoms with Crippen LogP contribution in [0.1, 0.15) is 30.9 Å². The molecule has 5 nitrogen and oxygen atoms in total. The quantitative estimate of drug-likeness (QED) is 0.818. The minimum Gasteiger partial charge on any atom is -0.354 e. The first-order valence-electron chi connectivity index (χ1n) is 10.2. The average molecular weight is 395 g/mol. The Labute approximate surface area is 170 Å². The lowest BCUT2D eigenvalue weighted by Gasteiger charge is -2.28. The van der Waals surface area contributed by atoms with Crippen LogP contribution in [-0.4, -0.2) is 42.9 Å². The van der Waals surface area contributed by atoms with Gasteiger partial charge in [-0.2, -0.15) is 0 Å². The zero-order valence-electron chi connectivity index (χ0n) is 16.4. The number of para-hydroxylation sites is 1. The third kappa shape index (κ3) is 4.48. The Kier molecular flexibility index (Phi) is 5.90. The molecule has 0 aromatic heterocycles. The van der Waals surface area contributed by atoms with Gasteiger partial charge in [0.15, 0.2) is 0 Å². The number of halogens is 1. The molecular weight excluding hydrogens is 369 g/mol. The van der Waals surface area contributed by atoms with Gasteiger partial charge in [0.25, 0.3) is 0 Å². The maximum atomic E-state index is 13.3. The zero-order chi connectivity index (χ0) is 20.2. The van der Waals surface area contributed by atoms with Crippen molar-refractivity contribution in [3.8, 4) is 0 Å². The van der Waals surface area contributed by atoms with Crippen LogP contribution in [0.4, 0.5) is 10.1 Å². The molecule has 1 N–H and O–H groups in total. The van der Waals surface area contributed by atoms with Gasteiger partial charge in [-0.15, -0.1) is 0 Å². The van der Waals surface area contributed by atoms with Crippen molar-refractivity contribution in [1.82, 2.24) is 10.2 Å². The number of carbonyl (C=O) groups excluding carboxylic acids is 2. The van der Waals surface area contributed by atoms with Crippen LogP contribution in [0.25, 0.3) is 0 Å². The van der Waals surface area contributed by atoms with E-state index >= 15 is 0 Å². The molecule has 2 amide bonds. The highest BCUT2D eigenvalue weighted by Gasteiger charge is 2.35. The monoisotopic (exact) mass is 395 g/mol. The summed E-state index contributed by atoms with van der Waals surface area (Å²) in [5.41, 5.74) is 1.83. The fraction of sp³-hybridized carbons (Fsp3) is 0.391. The molecule has 152 valence electrons. The molecule has 2 unspecified atom stereocenters. The molecule has 6 heteroatoms. The fourth-order valence-corrected chi connectivity index (χ4v) is 4.28. The van der Waals surface area contributed by atoms with Gasteiger partial charge in [-0.25, -0.2) is 4.39 Å². The van der Waals surface area contributed by atoms with Gasteiger partial charge in [0.2, 0.25) is 11.8 Å². The van der Waals surface area contributed by atoms with Gasteiger partial charge in [-0.1, -0.05) is 30.3 Å². The van der Waals surface area contributed by atoms with Crippen LogP contribution < -0.4 is 10.2 Å². The number of anilines is 1. The summed E-state index contributed by atoms with van der Waals surface area (Å²) in [5, 5.41) is 3.05.